The van der Waals surface area contributed by atoms with Crippen LogP contribution in [0.25, 0.3) is 0 Å². The van der Waals surface area contributed by atoms with Crippen molar-refractivity contribution in [1.29, 1.82) is 10.5 Å². The van der Waals surface area contributed by atoms with Gasteiger partial charge in [0.1, 0.15) is 11.1 Å². The average molecular weight is 636 g/mol. The third-order valence-corrected chi connectivity index (χ3v) is 12.2. The second-order valence-electron chi connectivity index (χ2n) is 15.6. The Bertz CT molecular complexity index is 1420. The number of amides is 2. The van der Waals surface area contributed by atoms with Gasteiger partial charge in [-0.05, 0) is 99.2 Å². The van der Waals surface area contributed by atoms with Crippen LogP contribution in [0.15, 0.2) is 52.6 Å². The van der Waals surface area contributed by atoms with E-state index in [1.165, 1.54) is 22.3 Å². The van der Waals surface area contributed by atoms with Crippen LogP contribution in [-0.2, 0) is 16.1 Å². The van der Waals surface area contributed by atoms with Gasteiger partial charge in [0.25, 0.3) is 0 Å². The number of carbonyl (C=O) groups is 2. The van der Waals surface area contributed by atoms with E-state index >= 15 is 0 Å². The summed E-state index contributed by atoms with van der Waals surface area (Å²) in [6.45, 7) is 10.1. The Morgan fingerprint density at radius 1 is 0.766 bits per heavy atom. The first-order valence-corrected chi connectivity index (χ1v) is 18.2. The van der Waals surface area contributed by atoms with Gasteiger partial charge in [-0.2, -0.15) is 10.5 Å². The second-order valence-corrected chi connectivity index (χ2v) is 15.6. The maximum Gasteiger partial charge on any atom is 0.219 e. The van der Waals surface area contributed by atoms with Gasteiger partial charge >= 0.3 is 0 Å². The number of benzene rings is 1. The Balaban J connectivity index is 1.44. The first-order chi connectivity index (χ1) is 22.6. The normalized spacial score (nSPS) is 33.1. The van der Waals surface area contributed by atoms with Crippen molar-refractivity contribution >= 4 is 11.8 Å². The molecule has 7 heteroatoms. The van der Waals surface area contributed by atoms with Gasteiger partial charge in [0, 0.05) is 46.3 Å². The maximum atomic E-state index is 12.7. The molecule has 0 bridgehead atoms. The van der Waals surface area contributed by atoms with E-state index < -0.39 is 11.1 Å². The zero-order chi connectivity index (χ0) is 33.3. The largest absolute Gasteiger partial charge is 0.336 e. The van der Waals surface area contributed by atoms with E-state index in [2.05, 4.69) is 52.8 Å². The van der Waals surface area contributed by atoms with Crippen LogP contribution in [-0.4, -0.2) is 62.8 Å². The average Bonchev–Trinajstić information content (AvgIpc) is 3.05. The van der Waals surface area contributed by atoms with Crippen molar-refractivity contribution in [2.45, 2.75) is 141 Å². The van der Waals surface area contributed by atoms with Gasteiger partial charge in [-0.1, -0.05) is 55.3 Å². The Hall–Kier alpha value is -3.42. The molecule has 1 aromatic carbocycles. The summed E-state index contributed by atoms with van der Waals surface area (Å²) in [5, 5.41) is 22.7. The first-order valence-electron chi connectivity index (χ1n) is 18.2. The van der Waals surface area contributed by atoms with Crippen LogP contribution in [0.4, 0.5) is 0 Å². The SMILES string of the molecule is CC(=O)N1CCCC2=C(C[C@]3(C#N)CCC[C@](C#N)(CC4=C5CCCN(C(C)=O)[C@@H]5C[C@H](C)C4)N3Cc3ccccc3)C[C@@H](C)C[C@H]21. The summed E-state index contributed by atoms with van der Waals surface area (Å²) in [4.78, 5) is 31.9. The van der Waals surface area contributed by atoms with Crippen LogP contribution in [0.3, 0.4) is 0 Å². The molecule has 0 saturated carbocycles. The molecule has 1 aromatic rings. The van der Waals surface area contributed by atoms with Gasteiger partial charge in [0.2, 0.25) is 11.8 Å². The topological polar surface area (TPSA) is 91.4 Å². The van der Waals surface area contributed by atoms with E-state index in [1.54, 1.807) is 13.8 Å². The lowest BCUT2D eigenvalue weighted by Gasteiger charge is -2.54. The minimum Gasteiger partial charge on any atom is -0.336 e. The summed E-state index contributed by atoms with van der Waals surface area (Å²) in [7, 11) is 0. The molecule has 2 aliphatic carbocycles. The molecule has 3 saturated heterocycles. The zero-order valence-electron chi connectivity index (χ0n) is 29.1. The summed E-state index contributed by atoms with van der Waals surface area (Å²) >= 11 is 0. The molecular formula is C40H53N5O2. The summed E-state index contributed by atoms with van der Waals surface area (Å²) < 4.78 is 0. The highest BCUT2D eigenvalue weighted by atomic mass is 16.2. The van der Waals surface area contributed by atoms with Crippen molar-refractivity contribution in [2.24, 2.45) is 11.8 Å². The van der Waals surface area contributed by atoms with Gasteiger partial charge in [0.15, 0.2) is 0 Å². The molecular weight excluding hydrogens is 582 g/mol. The standard InChI is InChI=1S/C40H53N5O2/c1-28-19-33(35-13-8-17-43(30(3)46)37(35)21-28)23-39(26-41)15-10-16-40(27-42,45(39)25-32-11-6-5-7-12-32)24-34-20-29(2)22-38-36(34)14-9-18-44(38)31(4)47/h5-7,11-12,28-29,37-38H,8-10,13-25H2,1-4H3/t28-,29-,37-,38-,39-,40+/m1/s1. The number of hydrogen-bond acceptors (Lipinski definition) is 5. The highest BCUT2D eigenvalue weighted by Crippen LogP contribution is 2.51. The second kappa shape index (κ2) is 13.6. The van der Waals surface area contributed by atoms with Crippen molar-refractivity contribution in [2.75, 3.05) is 13.1 Å². The van der Waals surface area contributed by atoms with E-state index in [4.69, 9.17) is 0 Å². The van der Waals surface area contributed by atoms with Crippen LogP contribution in [0.1, 0.15) is 117 Å². The smallest absolute Gasteiger partial charge is 0.219 e. The molecule has 0 unspecified atom stereocenters. The third-order valence-electron chi connectivity index (χ3n) is 12.2. The Kier molecular flexibility index (Phi) is 9.69. The summed E-state index contributed by atoms with van der Waals surface area (Å²) in [5.41, 5.74) is 4.94. The molecule has 0 aromatic heterocycles. The van der Waals surface area contributed by atoms with Gasteiger partial charge < -0.3 is 9.80 Å². The quantitative estimate of drug-likeness (QED) is 0.303. The molecule has 3 aliphatic heterocycles. The van der Waals surface area contributed by atoms with Crippen LogP contribution >= 0.6 is 0 Å². The van der Waals surface area contributed by atoms with Crippen molar-refractivity contribution in [3.63, 3.8) is 0 Å². The van der Waals surface area contributed by atoms with Gasteiger partial charge in [-0.25, -0.2) is 0 Å². The predicted octanol–water partition coefficient (Wildman–Crippen LogP) is 7.45. The lowest BCUT2D eigenvalue weighted by atomic mass is 9.67. The molecule has 0 radical (unpaired) electrons. The molecule has 2 amide bonds. The van der Waals surface area contributed by atoms with Crippen LogP contribution in [0.5, 0.6) is 0 Å². The van der Waals surface area contributed by atoms with E-state index in [-0.39, 0.29) is 23.9 Å². The zero-order valence-corrected chi connectivity index (χ0v) is 29.1. The minimum atomic E-state index is -0.824. The number of piperidine rings is 3. The number of rotatable bonds is 6. The summed E-state index contributed by atoms with van der Waals surface area (Å²) in [6.07, 6.45) is 11.3. The maximum absolute atomic E-state index is 12.7. The molecule has 5 aliphatic rings. The molecule has 6 rings (SSSR count). The van der Waals surface area contributed by atoms with Crippen molar-refractivity contribution in [1.82, 2.24) is 14.7 Å². The number of nitriles is 2. The molecule has 3 heterocycles. The van der Waals surface area contributed by atoms with Crippen LogP contribution in [0, 0.1) is 34.5 Å². The number of nitrogens with zero attached hydrogens (tertiary/aromatic N) is 5. The van der Waals surface area contributed by atoms with Crippen molar-refractivity contribution < 1.29 is 9.59 Å². The molecule has 7 nitrogen and oxygen atoms in total. The lowest BCUT2D eigenvalue weighted by Crippen LogP contribution is -2.63. The summed E-state index contributed by atoms with van der Waals surface area (Å²) in [6, 6.07) is 16.4. The number of hydrogen-bond donors (Lipinski definition) is 0. The van der Waals surface area contributed by atoms with E-state index in [1.807, 2.05) is 18.2 Å². The fraction of sp³-hybridized carbons (Fsp3) is 0.650. The fourth-order valence-electron chi connectivity index (χ4n) is 10.2. The Morgan fingerprint density at radius 2 is 1.23 bits per heavy atom. The fourth-order valence-corrected chi connectivity index (χ4v) is 10.2. The molecule has 250 valence electrons. The van der Waals surface area contributed by atoms with E-state index in [9.17, 15) is 20.1 Å². The van der Waals surface area contributed by atoms with Gasteiger partial charge in [0.05, 0.1) is 24.2 Å². The van der Waals surface area contributed by atoms with Crippen molar-refractivity contribution in [3.8, 4) is 12.1 Å². The Morgan fingerprint density at radius 3 is 1.66 bits per heavy atom. The predicted molar refractivity (Wildman–Crippen MR) is 183 cm³/mol. The van der Waals surface area contributed by atoms with E-state index in [0.717, 1.165) is 89.3 Å². The molecule has 3 fully saturated rings. The monoisotopic (exact) mass is 635 g/mol. The number of likely N-dealkylation sites (tertiary alicyclic amines) is 3. The third kappa shape index (κ3) is 6.41. The molecule has 47 heavy (non-hydrogen) atoms. The van der Waals surface area contributed by atoms with Crippen molar-refractivity contribution in [3.05, 3.63) is 58.2 Å². The highest BCUT2D eigenvalue weighted by molar-refractivity contribution is 5.75. The number of carbonyl (C=O) groups excluding carboxylic acids is 2. The van der Waals surface area contributed by atoms with Crippen LogP contribution in [0.2, 0.25) is 0 Å². The first kappa shape index (κ1) is 33.5. The number of fused-ring (bicyclic) bond motifs is 2. The highest BCUT2D eigenvalue weighted by Gasteiger charge is 2.54. The molecule has 6 atom stereocenters. The van der Waals surface area contributed by atoms with E-state index in [0.29, 0.717) is 31.2 Å². The lowest BCUT2D eigenvalue weighted by molar-refractivity contribution is -0.132. The van der Waals surface area contributed by atoms with Crippen LogP contribution < -0.4 is 0 Å². The Labute approximate surface area is 282 Å². The minimum absolute atomic E-state index is 0.130. The van der Waals surface area contributed by atoms with Gasteiger partial charge in [-0.15, -0.1) is 0 Å². The van der Waals surface area contributed by atoms with Gasteiger partial charge in [-0.3, -0.25) is 14.5 Å². The molecule has 0 N–H and O–H groups in total. The summed E-state index contributed by atoms with van der Waals surface area (Å²) in [5.74, 6) is 1.15. The molecule has 0 spiro atoms.